The van der Waals surface area contributed by atoms with Gasteiger partial charge in [0.15, 0.2) is 0 Å². The van der Waals surface area contributed by atoms with Gasteiger partial charge in [-0.05, 0) is 47.2 Å². The number of amides is 1. The summed E-state index contributed by atoms with van der Waals surface area (Å²) >= 11 is 0. The highest BCUT2D eigenvalue weighted by molar-refractivity contribution is 5.92. The van der Waals surface area contributed by atoms with Crippen molar-refractivity contribution in [2.45, 2.75) is 24.9 Å². The molecule has 1 unspecified atom stereocenters. The number of benzene rings is 3. The second-order valence-electron chi connectivity index (χ2n) is 7.49. The van der Waals surface area contributed by atoms with Crippen molar-refractivity contribution in [1.82, 2.24) is 5.32 Å². The first kappa shape index (κ1) is 19.2. The Balaban J connectivity index is 1.54. The summed E-state index contributed by atoms with van der Waals surface area (Å²) in [5.74, 6) is 0.789. The van der Waals surface area contributed by atoms with Crippen LogP contribution in [0.3, 0.4) is 0 Å². The zero-order valence-electron chi connectivity index (χ0n) is 16.3. The van der Waals surface area contributed by atoms with Crippen molar-refractivity contribution in [2.75, 3.05) is 13.2 Å². The number of hydrogen-bond donors (Lipinski definition) is 2. The third kappa shape index (κ3) is 4.03. The number of nitrogens with one attached hydrogen (secondary N) is 1. The lowest BCUT2D eigenvalue weighted by atomic mass is 9.60. The Morgan fingerprint density at radius 3 is 2.31 bits per heavy atom. The molecule has 2 N–H and O–H groups in total. The Hall–Kier alpha value is -3.11. The molecule has 0 aromatic heterocycles. The van der Waals surface area contributed by atoms with Crippen LogP contribution >= 0.6 is 0 Å². The van der Waals surface area contributed by atoms with Crippen LogP contribution in [0, 0.1) is 0 Å². The van der Waals surface area contributed by atoms with Gasteiger partial charge in [-0.3, -0.25) is 4.79 Å². The minimum Gasteiger partial charge on any atom is -0.489 e. The fourth-order valence-corrected chi connectivity index (χ4v) is 4.05. The van der Waals surface area contributed by atoms with Gasteiger partial charge in [0.2, 0.25) is 5.91 Å². The quantitative estimate of drug-likeness (QED) is 0.623. The predicted molar refractivity (Wildman–Crippen MR) is 113 cm³/mol. The molecular weight excluding hydrogens is 362 g/mol. The van der Waals surface area contributed by atoms with E-state index in [1.165, 1.54) is 0 Å². The number of aliphatic hydroxyl groups excluding tert-OH is 1. The SMILES string of the molecule is O=C(NCCO)C1(Cc2ccccc2)Cc2cc(OCc3ccccc3)ccc21. The summed E-state index contributed by atoms with van der Waals surface area (Å²) in [7, 11) is 0. The van der Waals surface area contributed by atoms with Crippen LogP contribution in [0.25, 0.3) is 0 Å². The Labute approximate surface area is 171 Å². The van der Waals surface area contributed by atoms with Crippen molar-refractivity contribution in [1.29, 1.82) is 0 Å². The number of hydrogen-bond acceptors (Lipinski definition) is 3. The molecule has 3 aromatic carbocycles. The highest BCUT2D eigenvalue weighted by Gasteiger charge is 2.48. The first-order valence-corrected chi connectivity index (χ1v) is 9.94. The monoisotopic (exact) mass is 387 g/mol. The topological polar surface area (TPSA) is 58.6 Å². The molecule has 0 fully saturated rings. The zero-order chi connectivity index (χ0) is 20.1. The van der Waals surface area contributed by atoms with Crippen LogP contribution < -0.4 is 10.1 Å². The van der Waals surface area contributed by atoms with Crippen molar-refractivity contribution in [3.63, 3.8) is 0 Å². The minimum atomic E-state index is -0.593. The van der Waals surface area contributed by atoms with Crippen LogP contribution in [0.1, 0.15) is 22.3 Å². The van der Waals surface area contributed by atoms with Crippen molar-refractivity contribution in [2.24, 2.45) is 0 Å². The van der Waals surface area contributed by atoms with E-state index in [1.54, 1.807) is 0 Å². The van der Waals surface area contributed by atoms with Gasteiger partial charge in [0.05, 0.1) is 12.0 Å². The van der Waals surface area contributed by atoms with Gasteiger partial charge in [0.1, 0.15) is 12.4 Å². The van der Waals surface area contributed by atoms with E-state index in [0.717, 1.165) is 28.0 Å². The number of fused-ring (bicyclic) bond motifs is 1. The summed E-state index contributed by atoms with van der Waals surface area (Å²) in [5, 5.41) is 12.0. The standard InChI is InChI=1S/C25H25NO3/c27-14-13-26-24(28)25(16-19-7-3-1-4-8-19)17-21-15-22(11-12-23(21)25)29-18-20-9-5-2-6-10-20/h1-12,15,27H,13-14,16-18H2,(H,26,28). The maximum Gasteiger partial charge on any atom is 0.231 e. The molecule has 29 heavy (non-hydrogen) atoms. The van der Waals surface area contributed by atoms with Crippen LogP contribution in [0.15, 0.2) is 78.9 Å². The van der Waals surface area contributed by atoms with Crippen molar-refractivity contribution < 1.29 is 14.6 Å². The zero-order valence-corrected chi connectivity index (χ0v) is 16.3. The van der Waals surface area contributed by atoms with Gasteiger partial charge in [-0.2, -0.15) is 0 Å². The molecule has 0 bridgehead atoms. The highest BCUT2D eigenvalue weighted by atomic mass is 16.5. The molecule has 1 atom stereocenters. The number of carbonyl (C=O) groups is 1. The van der Waals surface area contributed by atoms with E-state index in [1.807, 2.05) is 66.7 Å². The van der Waals surface area contributed by atoms with Crippen LogP contribution in [0.5, 0.6) is 5.75 Å². The first-order valence-electron chi connectivity index (χ1n) is 9.94. The van der Waals surface area contributed by atoms with Gasteiger partial charge in [0.25, 0.3) is 0 Å². The molecule has 4 heteroatoms. The van der Waals surface area contributed by atoms with Crippen LogP contribution in [-0.2, 0) is 29.7 Å². The summed E-state index contributed by atoms with van der Waals surface area (Å²) in [6, 6.07) is 26.1. The van der Waals surface area contributed by atoms with Crippen molar-refractivity contribution >= 4 is 5.91 Å². The van der Waals surface area contributed by atoms with E-state index in [9.17, 15) is 4.79 Å². The summed E-state index contributed by atoms with van der Waals surface area (Å²) in [6.07, 6.45) is 1.30. The van der Waals surface area contributed by atoms with Crippen LogP contribution in [-0.4, -0.2) is 24.2 Å². The average Bonchev–Trinajstić information content (AvgIpc) is 2.75. The molecule has 4 rings (SSSR count). The van der Waals surface area contributed by atoms with E-state index in [-0.39, 0.29) is 19.1 Å². The number of ether oxygens (including phenoxy) is 1. The maximum absolute atomic E-state index is 13.0. The fraction of sp³-hybridized carbons (Fsp3) is 0.240. The van der Waals surface area contributed by atoms with E-state index in [0.29, 0.717) is 19.4 Å². The summed E-state index contributed by atoms with van der Waals surface area (Å²) in [5.41, 5.74) is 3.84. The van der Waals surface area contributed by atoms with Gasteiger partial charge in [-0.1, -0.05) is 66.7 Å². The molecule has 0 aliphatic heterocycles. The third-order valence-corrected chi connectivity index (χ3v) is 5.51. The molecule has 148 valence electrons. The lowest BCUT2D eigenvalue weighted by Gasteiger charge is -2.43. The Bertz CT molecular complexity index is 972. The molecule has 1 aliphatic carbocycles. The molecule has 3 aromatic rings. The number of aliphatic hydroxyl groups is 1. The predicted octanol–water partition coefficient (Wildman–Crippen LogP) is 3.41. The molecule has 0 saturated heterocycles. The van der Waals surface area contributed by atoms with Gasteiger partial charge in [-0.15, -0.1) is 0 Å². The average molecular weight is 387 g/mol. The van der Waals surface area contributed by atoms with Gasteiger partial charge >= 0.3 is 0 Å². The van der Waals surface area contributed by atoms with Crippen LogP contribution in [0.2, 0.25) is 0 Å². The van der Waals surface area contributed by atoms with Crippen LogP contribution in [0.4, 0.5) is 0 Å². The normalized spacial score (nSPS) is 17.1. The van der Waals surface area contributed by atoms with Crippen molar-refractivity contribution in [3.8, 4) is 5.75 Å². The fourth-order valence-electron chi connectivity index (χ4n) is 4.05. The van der Waals surface area contributed by atoms with Gasteiger partial charge < -0.3 is 15.2 Å². The van der Waals surface area contributed by atoms with Gasteiger partial charge in [0, 0.05) is 6.54 Å². The molecule has 0 spiro atoms. The Morgan fingerprint density at radius 2 is 1.66 bits per heavy atom. The summed E-state index contributed by atoms with van der Waals surface area (Å²) in [6.45, 7) is 0.723. The molecule has 1 aliphatic rings. The Kier molecular flexibility index (Phi) is 5.63. The molecular formula is C25H25NO3. The largest absolute Gasteiger partial charge is 0.489 e. The third-order valence-electron chi connectivity index (χ3n) is 5.51. The molecule has 1 amide bonds. The van der Waals surface area contributed by atoms with E-state index < -0.39 is 5.41 Å². The first-order chi connectivity index (χ1) is 14.2. The smallest absolute Gasteiger partial charge is 0.231 e. The molecule has 0 radical (unpaired) electrons. The summed E-state index contributed by atoms with van der Waals surface area (Å²) < 4.78 is 5.94. The second kappa shape index (κ2) is 8.50. The number of carbonyl (C=O) groups excluding carboxylic acids is 1. The lowest BCUT2D eigenvalue weighted by molar-refractivity contribution is -0.127. The maximum atomic E-state index is 13.0. The number of rotatable bonds is 8. The Morgan fingerprint density at radius 1 is 0.966 bits per heavy atom. The summed E-state index contributed by atoms with van der Waals surface area (Å²) in [4.78, 5) is 13.0. The minimum absolute atomic E-state index is 0.0270. The molecule has 0 saturated carbocycles. The van der Waals surface area contributed by atoms with E-state index in [4.69, 9.17) is 9.84 Å². The lowest BCUT2D eigenvalue weighted by Crippen LogP contribution is -2.53. The van der Waals surface area contributed by atoms with E-state index in [2.05, 4.69) is 17.4 Å². The second-order valence-corrected chi connectivity index (χ2v) is 7.49. The van der Waals surface area contributed by atoms with Gasteiger partial charge in [-0.25, -0.2) is 0 Å². The van der Waals surface area contributed by atoms with Crippen molar-refractivity contribution in [3.05, 3.63) is 101 Å². The van der Waals surface area contributed by atoms with E-state index >= 15 is 0 Å². The molecule has 4 nitrogen and oxygen atoms in total. The molecule has 0 heterocycles. The highest BCUT2D eigenvalue weighted by Crippen LogP contribution is 2.45.